The lowest BCUT2D eigenvalue weighted by molar-refractivity contribution is 0.623. The normalized spacial score (nSPS) is 11.6. The van der Waals surface area contributed by atoms with Gasteiger partial charge in [-0.3, -0.25) is 0 Å². The largest absolute Gasteiger partial charge is 0.435 e. The molecule has 4 nitrogen and oxygen atoms in total. The van der Waals surface area contributed by atoms with Gasteiger partial charge in [0, 0.05) is 44.5 Å². The fourth-order valence-corrected chi connectivity index (χ4v) is 6.51. The van der Waals surface area contributed by atoms with Gasteiger partial charge in [0.25, 0.3) is 0 Å². The first-order chi connectivity index (χ1) is 22.3. The Balaban J connectivity index is 1.18. The van der Waals surface area contributed by atoms with Crippen molar-refractivity contribution in [1.82, 2.24) is 9.55 Å². The van der Waals surface area contributed by atoms with E-state index in [0.717, 1.165) is 55.7 Å². The lowest BCUT2D eigenvalue weighted by Crippen LogP contribution is -2.10. The third-order valence-corrected chi connectivity index (χ3v) is 8.60. The number of para-hydroxylation sites is 3. The number of aromatic nitrogens is 2. The van der Waals surface area contributed by atoms with Gasteiger partial charge in [-0.25, -0.2) is 4.98 Å². The fourth-order valence-electron chi connectivity index (χ4n) is 6.51. The van der Waals surface area contributed by atoms with Gasteiger partial charge in [-0.15, -0.1) is 0 Å². The highest BCUT2D eigenvalue weighted by molar-refractivity contribution is 6.10. The molecule has 4 heteroatoms. The van der Waals surface area contributed by atoms with E-state index in [-0.39, 0.29) is 0 Å². The first-order valence-corrected chi connectivity index (χ1v) is 15.1. The molecule has 0 atom stereocenters. The summed E-state index contributed by atoms with van der Waals surface area (Å²) in [6, 6.07) is 57.4. The Labute approximate surface area is 260 Å². The van der Waals surface area contributed by atoms with Crippen LogP contribution in [0.1, 0.15) is 0 Å². The first-order valence-electron chi connectivity index (χ1n) is 15.1. The molecule has 0 aliphatic carbocycles. The molecular weight excluding hydrogens is 550 g/mol. The molecule has 9 aromatic rings. The highest BCUT2D eigenvalue weighted by Crippen LogP contribution is 2.40. The van der Waals surface area contributed by atoms with E-state index in [2.05, 4.69) is 155 Å². The van der Waals surface area contributed by atoms with Crippen LogP contribution in [0.3, 0.4) is 0 Å². The molecule has 0 radical (unpaired) electrons. The number of hydrogen-bond donors (Lipinski definition) is 0. The van der Waals surface area contributed by atoms with Crippen molar-refractivity contribution in [3.63, 3.8) is 0 Å². The number of rotatable bonds is 5. The average Bonchev–Trinajstić information content (AvgIpc) is 3.69. The average molecular weight is 578 g/mol. The van der Waals surface area contributed by atoms with E-state index in [1.54, 1.807) is 0 Å². The number of anilines is 3. The van der Waals surface area contributed by atoms with Crippen molar-refractivity contribution in [3.05, 3.63) is 164 Å². The molecule has 7 aromatic carbocycles. The Morgan fingerprint density at radius 2 is 1.13 bits per heavy atom. The van der Waals surface area contributed by atoms with Crippen LogP contribution in [0, 0.1) is 0 Å². The Morgan fingerprint density at radius 1 is 0.489 bits per heavy atom. The second-order valence-electron chi connectivity index (χ2n) is 11.3. The maximum Gasteiger partial charge on any atom is 0.227 e. The van der Waals surface area contributed by atoms with Gasteiger partial charge in [0.2, 0.25) is 5.89 Å². The van der Waals surface area contributed by atoms with Crippen molar-refractivity contribution in [2.75, 3.05) is 4.90 Å². The third-order valence-electron chi connectivity index (χ3n) is 8.60. The van der Waals surface area contributed by atoms with Gasteiger partial charge in [0.15, 0.2) is 5.58 Å². The van der Waals surface area contributed by atoms with Gasteiger partial charge in [-0.1, -0.05) is 91.0 Å². The number of nitrogens with zero attached hydrogens (tertiary/aromatic N) is 3. The minimum absolute atomic E-state index is 0.618. The minimum atomic E-state index is 0.618. The summed E-state index contributed by atoms with van der Waals surface area (Å²) in [5.74, 6) is 0.618. The Hall–Kier alpha value is -6.13. The molecule has 0 N–H and O–H groups in total. The molecule has 0 bridgehead atoms. The molecule has 0 spiro atoms. The molecule has 0 saturated carbocycles. The summed E-state index contributed by atoms with van der Waals surface area (Å²) in [6.45, 7) is 0. The molecule has 2 aromatic heterocycles. The lowest BCUT2D eigenvalue weighted by Gasteiger charge is -2.26. The number of fused-ring (bicyclic) bond motifs is 6. The SMILES string of the molecule is c1ccc(N(c2ccc(-c3nc4ccc5ccccc5c4o3)cc2)c2ccc3c4ccccc4n(-c4ccccc4)c3c2)cc1. The van der Waals surface area contributed by atoms with Crippen molar-refractivity contribution >= 4 is 60.7 Å². The fraction of sp³-hybridized carbons (Fsp3) is 0. The number of oxazole rings is 1. The van der Waals surface area contributed by atoms with Gasteiger partial charge in [0.05, 0.1) is 11.0 Å². The Bertz CT molecular complexity index is 2480. The van der Waals surface area contributed by atoms with Gasteiger partial charge < -0.3 is 13.9 Å². The summed E-state index contributed by atoms with van der Waals surface area (Å²) in [4.78, 5) is 7.14. The van der Waals surface area contributed by atoms with Crippen LogP contribution in [-0.4, -0.2) is 9.55 Å². The lowest BCUT2D eigenvalue weighted by atomic mass is 10.1. The maximum absolute atomic E-state index is 6.34. The first kappa shape index (κ1) is 25.4. The zero-order valence-corrected chi connectivity index (χ0v) is 24.3. The van der Waals surface area contributed by atoms with Crippen LogP contribution in [0.15, 0.2) is 168 Å². The van der Waals surface area contributed by atoms with E-state index in [0.29, 0.717) is 5.89 Å². The van der Waals surface area contributed by atoms with Crippen LogP contribution in [-0.2, 0) is 0 Å². The van der Waals surface area contributed by atoms with Crippen molar-refractivity contribution in [2.24, 2.45) is 0 Å². The van der Waals surface area contributed by atoms with E-state index < -0.39 is 0 Å². The summed E-state index contributed by atoms with van der Waals surface area (Å²) >= 11 is 0. The molecule has 0 amide bonds. The van der Waals surface area contributed by atoms with Crippen LogP contribution in [0.25, 0.3) is 60.8 Å². The van der Waals surface area contributed by atoms with Crippen molar-refractivity contribution < 1.29 is 4.42 Å². The molecule has 0 aliphatic heterocycles. The highest BCUT2D eigenvalue weighted by atomic mass is 16.3. The smallest absolute Gasteiger partial charge is 0.227 e. The minimum Gasteiger partial charge on any atom is -0.435 e. The summed E-state index contributed by atoms with van der Waals surface area (Å²) in [5, 5.41) is 4.68. The second kappa shape index (κ2) is 10.2. The Kier molecular flexibility index (Phi) is 5.78. The zero-order chi connectivity index (χ0) is 29.7. The Morgan fingerprint density at radius 3 is 1.96 bits per heavy atom. The van der Waals surface area contributed by atoms with Gasteiger partial charge in [-0.05, 0) is 78.2 Å². The molecular formula is C41H27N3O. The van der Waals surface area contributed by atoms with Crippen LogP contribution < -0.4 is 4.90 Å². The summed E-state index contributed by atoms with van der Waals surface area (Å²) in [5.41, 5.74) is 9.33. The molecule has 0 saturated heterocycles. The highest BCUT2D eigenvalue weighted by Gasteiger charge is 2.18. The monoisotopic (exact) mass is 577 g/mol. The second-order valence-corrected chi connectivity index (χ2v) is 11.3. The van der Waals surface area contributed by atoms with E-state index in [4.69, 9.17) is 9.40 Å². The van der Waals surface area contributed by atoms with E-state index in [1.165, 1.54) is 16.3 Å². The maximum atomic E-state index is 6.34. The van der Waals surface area contributed by atoms with Crippen LogP contribution >= 0.6 is 0 Å². The molecule has 0 unspecified atom stereocenters. The third kappa shape index (κ3) is 4.19. The predicted molar refractivity (Wildman–Crippen MR) is 186 cm³/mol. The van der Waals surface area contributed by atoms with E-state index in [9.17, 15) is 0 Å². The number of benzene rings is 7. The van der Waals surface area contributed by atoms with Crippen LogP contribution in [0.4, 0.5) is 17.1 Å². The van der Waals surface area contributed by atoms with Crippen LogP contribution in [0.5, 0.6) is 0 Å². The molecule has 2 heterocycles. The van der Waals surface area contributed by atoms with Gasteiger partial charge in [-0.2, -0.15) is 0 Å². The van der Waals surface area contributed by atoms with Crippen molar-refractivity contribution in [3.8, 4) is 17.1 Å². The molecule has 9 rings (SSSR count). The summed E-state index contributed by atoms with van der Waals surface area (Å²) in [6.07, 6.45) is 0. The van der Waals surface area contributed by atoms with E-state index in [1.807, 2.05) is 18.2 Å². The van der Waals surface area contributed by atoms with Gasteiger partial charge >= 0.3 is 0 Å². The molecule has 0 fully saturated rings. The standard InChI is InChI=1S/C41H27N3O/c1-3-12-30(13-4-1)43(32-22-19-29(20-23-32)41-42-37-26-21-28-11-7-8-16-34(28)40(37)45-41)33-24-25-36-35-17-9-10-18-38(35)44(39(36)27-33)31-14-5-2-6-15-31/h1-27H. The molecule has 0 aliphatic rings. The topological polar surface area (TPSA) is 34.2 Å². The zero-order valence-electron chi connectivity index (χ0n) is 24.3. The quantitative estimate of drug-likeness (QED) is 0.204. The number of hydrogen-bond acceptors (Lipinski definition) is 3. The molecule has 45 heavy (non-hydrogen) atoms. The van der Waals surface area contributed by atoms with Crippen molar-refractivity contribution in [1.29, 1.82) is 0 Å². The van der Waals surface area contributed by atoms with Crippen molar-refractivity contribution in [2.45, 2.75) is 0 Å². The van der Waals surface area contributed by atoms with E-state index >= 15 is 0 Å². The predicted octanol–water partition coefficient (Wildman–Crippen LogP) is 11.2. The molecule has 212 valence electrons. The van der Waals surface area contributed by atoms with Crippen LogP contribution in [0.2, 0.25) is 0 Å². The van der Waals surface area contributed by atoms with Gasteiger partial charge in [0.1, 0.15) is 5.52 Å². The summed E-state index contributed by atoms with van der Waals surface area (Å²) < 4.78 is 8.70. The summed E-state index contributed by atoms with van der Waals surface area (Å²) in [7, 11) is 0.